The third kappa shape index (κ3) is 9.74. The Morgan fingerprint density at radius 3 is 2.39 bits per heavy atom. The fourth-order valence-corrected chi connectivity index (χ4v) is 6.03. The van der Waals surface area contributed by atoms with Gasteiger partial charge in [-0.05, 0) is 63.3 Å². The molecule has 0 bridgehead atoms. The lowest BCUT2D eigenvalue weighted by molar-refractivity contribution is -0.129. The van der Waals surface area contributed by atoms with Crippen LogP contribution in [0.25, 0.3) is 0 Å². The fourth-order valence-electron chi connectivity index (χ4n) is 6.03. The molecule has 2 heterocycles. The van der Waals surface area contributed by atoms with E-state index in [1.54, 1.807) is 9.80 Å². The van der Waals surface area contributed by atoms with Crippen LogP contribution < -0.4 is 5.32 Å². The maximum Gasteiger partial charge on any atom is 0.410 e. The van der Waals surface area contributed by atoms with Crippen molar-refractivity contribution in [3.8, 4) is 0 Å². The van der Waals surface area contributed by atoms with Crippen LogP contribution in [0.2, 0.25) is 0 Å². The van der Waals surface area contributed by atoms with Crippen LogP contribution in [0.4, 0.5) is 13.6 Å². The van der Waals surface area contributed by atoms with Gasteiger partial charge in [-0.2, -0.15) is 0 Å². The Bertz CT molecular complexity index is 1270. The molecule has 0 aliphatic carbocycles. The number of nitrogens with one attached hydrogen (secondary N) is 1. The number of carbonyl (C=O) groups excluding carboxylic acids is 3. The monoisotopic (exact) mass is 612 g/mol. The number of benzene rings is 2. The highest BCUT2D eigenvalue weighted by atomic mass is 19.1. The first-order chi connectivity index (χ1) is 20.9. The van der Waals surface area contributed by atoms with Gasteiger partial charge in [-0.15, -0.1) is 0 Å². The van der Waals surface area contributed by atoms with Gasteiger partial charge in [0.25, 0.3) is 0 Å². The summed E-state index contributed by atoms with van der Waals surface area (Å²) in [5, 5.41) is 3.10. The molecule has 10 heteroatoms. The molecule has 0 aromatic heterocycles. The van der Waals surface area contributed by atoms with Gasteiger partial charge in [-0.3, -0.25) is 14.5 Å². The van der Waals surface area contributed by atoms with Crippen LogP contribution in [0.5, 0.6) is 0 Å². The van der Waals surface area contributed by atoms with Gasteiger partial charge in [0.1, 0.15) is 17.2 Å². The van der Waals surface area contributed by atoms with Crippen molar-refractivity contribution >= 4 is 17.9 Å². The molecule has 240 valence electrons. The summed E-state index contributed by atoms with van der Waals surface area (Å²) in [5.74, 6) is -2.20. The van der Waals surface area contributed by atoms with Gasteiger partial charge < -0.3 is 19.9 Å². The molecule has 2 aliphatic rings. The number of rotatable bonds is 11. The summed E-state index contributed by atoms with van der Waals surface area (Å²) < 4.78 is 34.1. The van der Waals surface area contributed by atoms with E-state index >= 15 is 0 Å². The van der Waals surface area contributed by atoms with Crippen molar-refractivity contribution in [1.29, 1.82) is 0 Å². The zero-order chi connectivity index (χ0) is 31.9. The Labute approximate surface area is 259 Å². The summed E-state index contributed by atoms with van der Waals surface area (Å²) in [6.45, 7) is 10.8. The number of carbonyl (C=O) groups is 3. The van der Waals surface area contributed by atoms with Crippen LogP contribution in [-0.4, -0.2) is 83.0 Å². The third-order valence-corrected chi connectivity index (χ3v) is 8.12. The first-order valence-corrected chi connectivity index (χ1v) is 15.7. The molecule has 2 aliphatic heterocycles. The fraction of sp³-hybridized carbons (Fsp3) is 0.559. The SMILES string of the molecule is CCCCN1CC(C(=O)NC(Cc2cc(F)cc(F)c2)C[C@H]2CN(Cc3ccccc3)CCN2C(=O)OC(C)(C)C)CC1=O. The van der Waals surface area contributed by atoms with Crippen molar-refractivity contribution in [2.24, 2.45) is 5.92 Å². The van der Waals surface area contributed by atoms with Crippen molar-refractivity contribution in [2.45, 2.75) is 84.0 Å². The number of piperazine rings is 1. The first kappa shape index (κ1) is 33.4. The minimum atomic E-state index is -0.694. The number of hydrogen-bond acceptors (Lipinski definition) is 5. The molecule has 0 saturated carbocycles. The second-order valence-electron chi connectivity index (χ2n) is 13.1. The molecular weight excluding hydrogens is 566 g/mol. The Morgan fingerprint density at radius 2 is 1.73 bits per heavy atom. The summed E-state index contributed by atoms with van der Waals surface area (Å²) >= 11 is 0. The minimum Gasteiger partial charge on any atom is -0.444 e. The van der Waals surface area contributed by atoms with E-state index < -0.39 is 35.3 Å². The summed E-state index contributed by atoms with van der Waals surface area (Å²) in [6.07, 6.45) is 2.03. The standard InChI is InChI=1S/C34H46F2N4O4/c1-5-6-12-39-22-26(18-31(39)41)32(42)37-29(17-25-15-27(35)19-28(36)16-25)20-30-23-38(21-24-10-8-7-9-11-24)13-14-40(30)33(43)44-34(2,3)4/h7-11,15-16,19,26,29-30H,5-6,12-14,17-18,20-23H2,1-4H3,(H,37,42)/t26?,29?,30-/m0/s1. The average Bonchev–Trinajstić information content (AvgIpc) is 3.31. The number of halogens is 2. The lowest BCUT2D eigenvalue weighted by atomic mass is 9.95. The molecule has 2 aromatic rings. The smallest absolute Gasteiger partial charge is 0.410 e. The molecule has 0 spiro atoms. The molecule has 2 fully saturated rings. The minimum absolute atomic E-state index is 0.0395. The van der Waals surface area contributed by atoms with E-state index in [0.717, 1.165) is 24.5 Å². The van der Waals surface area contributed by atoms with Crippen molar-refractivity contribution in [2.75, 3.05) is 32.7 Å². The van der Waals surface area contributed by atoms with E-state index in [1.807, 2.05) is 39.0 Å². The predicted molar refractivity (Wildman–Crippen MR) is 165 cm³/mol. The zero-order valence-electron chi connectivity index (χ0n) is 26.4. The highest BCUT2D eigenvalue weighted by Gasteiger charge is 2.38. The van der Waals surface area contributed by atoms with Gasteiger partial charge in [-0.25, -0.2) is 13.6 Å². The van der Waals surface area contributed by atoms with E-state index in [0.29, 0.717) is 51.3 Å². The second-order valence-corrected chi connectivity index (χ2v) is 13.1. The Balaban J connectivity index is 1.56. The molecule has 4 rings (SSSR count). The first-order valence-electron chi connectivity index (χ1n) is 15.7. The van der Waals surface area contributed by atoms with Gasteiger partial charge in [-0.1, -0.05) is 43.7 Å². The van der Waals surface area contributed by atoms with Crippen LogP contribution in [0, 0.1) is 17.6 Å². The average molecular weight is 613 g/mol. The molecule has 0 radical (unpaired) electrons. The lowest BCUT2D eigenvalue weighted by Gasteiger charge is -2.43. The molecular formula is C34H46F2N4O4. The second kappa shape index (κ2) is 15.0. The number of likely N-dealkylation sites (tertiary alicyclic amines) is 1. The number of ether oxygens (including phenoxy) is 1. The molecule has 1 N–H and O–H groups in total. The molecule has 2 aromatic carbocycles. The molecule has 3 amide bonds. The van der Waals surface area contributed by atoms with Gasteiger partial charge in [0.05, 0.1) is 5.92 Å². The molecule has 3 atom stereocenters. The number of unbranched alkanes of at least 4 members (excludes halogenated alkanes) is 1. The normalized spacial score (nSPS) is 20.1. The van der Waals surface area contributed by atoms with Crippen molar-refractivity contribution < 1.29 is 27.9 Å². The van der Waals surface area contributed by atoms with Crippen molar-refractivity contribution in [3.63, 3.8) is 0 Å². The molecule has 8 nitrogen and oxygen atoms in total. The van der Waals surface area contributed by atoms with Crippen LogP contribution in [0.1, 0.15) is 64.5 Å². The summed E-state index contributed by atoms with van der Waals surface area (Å²) in [5.41, 5.74) is 0.866. The third-order valence-electron chi connectivity index (χ3n) is 8.12. The lowest BCUT2D eigenvalue weighted by Crippen LogP contribution is -2.58. The van der Waals surface area contributed by atoms with E-state index in [1.165, 1.54) is 12.1 Å². The number of nitrogens with zero attached hydrogens (tertiary/aromatic N) is 3. The van der Waals surface area contributed by atoms with E-state index in [4.69, 9.17) is 4.74 Å². The Morgan fingerprint density at radius 1 is 1.02 bits per heavy atom. The van der Waals surface area contributed by atoms with Crippen LogP contribution >= 0.6 is 0 Å². The summed E-state index contributed by atoms with van der Waals surface area (Å²) in [6, 6.07) is 12.5. The summed E-state index contributed by atoms with van der Waals surface area (Å²) in [7, 11) is 0. The molecule has 2 unspecified atom stereocenters. The van der Waals surface area contributed by atoms with Crippen molar-refractivity contribution in [1.82, 2.24) is 20.0 Å². The molecule has 44 heavy (non-hydrogen) atoms. The molecule has 2 saturated heterocycles. The van der Waals surface area contributed by atoms with Gasteiger partial charge >= 0.3 is 6.09 Å². The summed E-state index contributed by atoms with van der Waals surface area (Å²) in [4.78, 5) is 45.2. The van der Waals surface area contributed by atoms with Crippen LogP contribution in [0.15, 0.2) is 48.5 Å². The number of hydrogen-bond donors (Lipinski definition) is 1. The van der Waals surface area contributed by atoms with Gasteiger partial charge in [0.15, 0.2) is 0 Å². The van der Waals surface area contributed by atoms with Crippen LogP contribution in [-0.2, 0) is 27.3 Å². The largest absolute Gasteiger partial charge is 0.444 e. The zero-order valence-corrected chi connectivity index (χ0v) is 26.4. The van der Waals surface area contributed by atoms with E-state index in [9.17, 15) is 23.2 Å². The van der Waals surface area contributed by atoms with Crippen molar-refractivity contribution in [3.05, 3.63) is 71.3 Å². The van der Waals surface area contributed by atoms with E-state index in [-0.39, 0.29) is 30.7 Å². The van der Waals surface area contributed by atoms with Gasteiger partial charge in [0.2, 0.25) is 11.8 Å². The topological polar surface area (TPSA) is 82.2 Å². The van der Waals surface area contributed by atoms with Gasteiger partial charge in [0, 0.05) is 63.8 Å². The highest BCUT2D eigenvalue weighted by molar-refractivity contribution is 5.89. The number of amides is 3. The maximum atomic E-state index is 14.2. The highest BCUT2D eigenvalue weighted by Crippen LogP contribution is 2.24. The van der Waals surface area contributed by atoms with Crippen LogP contribution in [0.3, 0.4) is 0 Å². The Kier molecular flexibility index (Phi) is 11.4. The quantitative estimate of drug-likeness (QED) is 0.380. The predicted octanol–water partition coefficient (Wildman–Crippen LogP) is 5.15. The Hall–Kier alpha value is -3.53. The maximum absolute atomic E-state index is 14.2. The van der Waals surface area contributed by atoms with E-state index in [2.05, 4.69) is 29.3 Å².